The smallest absolute Gasteiger partial charge is 0.343 e. The van der Waals surface area contributed by atoms with Crippen molar-refractivity contribution in [2.24, 2.45) is 29.0 Å². The van der Waals surface area contributed by atoms with Crippen molar-refractivity contribution >= 4 is 46.5 Å². The Kier molecular flexibility index (Phi) is 17.5. The Balaban J connectivity index is 1.26. The topological polar surface area (TPSA) is 229 Å². The molecule has 341 valence electrons. The molecule has 5 amide bonds. The fourth-order valence-electron chi connectivity index (χ4n) is 9.78. The number of Topliss-reactive ketones (excluding diaryl/α,β-unsaturated/α-hetero) is 1. The number of carbonyl (C=O) groups excluding carboxylic acids is 6. The van der Waals surface area contributed by atoms with Gasteiger partial charge < -0.3 is 32.7 Å². The first-order valence-corrected chi connectivity index (χ1v) is 23.3. The largest absolute Gasteiger partial charge is 0.343 e. The first-order chi connectivity index (χ1) is 30.5. The predicted octanol–water partition coefficient (Wildman–Crippen LogP) is 4.51. The molecule has 0 unspecified atom stereocenters. The van der Waals surface area contributed by atoms with E-state index in [4.69, 9.17) is 17.2 Å². The Hall–Kier alpha value is -4.83. The molecule has 15 nitrogen and oxygen atoms in total. The summed E-state index contributed by atoms with van der Waals surface area (Å²) < 4.78 is 1.15. The first-order valence-electron chi connectivity index (χ1n) is 23.3. The highest BCUT2D eigenvalue weighted by Gasteiger charge is 2.42. The van der Waals surface area contributed by atoms with Crippen LogP contribution >= 0.6 is 0 Å². The number of ketones is 1. The molecular weight excluding hydrogens is 799 g/mol. The Morgan fingerprint density at radius 2 is 1.43 bits per heavy atom. The number of aromatic nitrogens is 2. The molecule has 15 heteroatoms. The molecule has 3 aromatic rings. The van der Waals surface area contributed by atoms with E-state index in [1.54, 1.807) is 31.3 Å². The Labute approximate surface area is 371 Å². The van der Waals surface area contributed by atoms with E-state index in [9.17, 15) is 24.0 Å². The molecule has 1 aliphatic heterocycles. The highest BCUT2D eigenvalue weighted by molar-refractivity contribution is 6.15. The molecule has 2 heterocycles. The lowest BCUT2D eigenvalue weighted by molar-refractivity contribution is -0.143. The number of carbonyl (C=O) groups is 6. The number of nitrogens with one attached hydrogen (secondary N) is 2. The molecule has 1 aromatic heterocycles. The van der Waals surface area contributed by atoms with Crippen molar-refractivity contribution < 1.29 is 28.8 Å². The number of imidazole rings is 1. The van der Waals surface area contributed by atoms with Crippen LogP contribution in [-0.2, 0) is 30.4 Å². The quantitative estimate of drug-likeness (QED) is 0.105. The Morgan fingerprint density at radius 1 is 0.778 bits per heavy atom. The number of hydrogen-bond acceptors (Lipinski definition) is 11. The maximum Gasteiger partial charge on any atom is 0.343 e. The first kappa shape index (κ1) is 47.6. The normalized spacial score (nSPS) is 19.3. The van der Waals surface area contributed by atoms with Crippen LogP contribution in [0, 0.1) is 18.3 Å². The summed E-state index contributed by atoms with van der Waals surface area (Å²) >= 11 is 0. The van der Waals surface area contributed by atoms with Crippen LogP contribution in [0.3, 0.4) is 0 Å². The average Bonchev–Trinajstić information content (AvgIpc) is 3.94. The molecule has 5 atom stereocenters. The molecule has 1 radical (unpaired) electrons. The molecule has 3 aliphatic rings. The van der Waals surface area contributed by atoms with Crippen LogP contribution in [-0.4, -0.2) is 105 Å². The fourth-order valence-corrected chi connectivity index (χ4v) is 9.78. The molecule has 6 rings (SSSR count). The van der Waals surface area contributed by atoms with Gasteiger partial charge in [-0.3, -0.25) is 24.0 Å². The summed E-state index contributed by atoms with van der Waals surface area (Å²) in [5, 5.41) is 5.96. The van der Waals surface area contributed by atoms with E-state index in [0.29, 0.717) is 67.4 Å². The number of hydrogen-bond donors (Lipinski definition) is 5. The zero-order chi connectivity index (χ0) is 44.9. The second-order valence-corrected chi connectivity index (χ2v) is 17.9. The van der Waals surface area contributed by atoms with Gasteiger partial charge in [0.25, 0.3) is 11.8 Å². The third-order valence-corrected chi connectivity index (χ3v) is 13.3. The van der Waals surface area contributed by atoms with Gasteiger partial charge in [0.15, 0.2) is 5.78 Å². The fraction of sp³-hybridized carbons (Fsp3) is 0.583. The van der Waals surface area contributed by atoms with Crippen molar-refractivity contribution in [3.63, 3.8) is 0 Å². The van der Waals surface area contributed by atoms with Crippen LogP contribution in [0.25, 0.3) is 11.0 Å². The lowest BCUT2D eigenvalue weighted by atomic mass is 9.84. The van der Waals surface area contributed by atoms with Crippen LogP contribution in [0.5, 0.6) is 0 Å². The minimum Gasteiger partial charge on any atom is -0.343 e. The number of unbranched alkanes of at least 4 members (excludes halogenated alkanes) is 1. The van der Waals surface area contributed by atoms with E-state index in [1.807, 2.05) is 30.3 Å². The Morgan fingerprint density at radius 3 is 2.10 bits per heavy atom. The van der Waals surface area contributed by atoms with E-state index < -0.39 is 65.7 Å². The molecule has 63 heavy (non-hydrogen) atoms. The van der Waals surface area contributed by atoms with Gasteiger partial charge in [-0.1, -0.05) is 107 Å². The number of para-hydroxylation sites is 2. The predicted molar refractivity (Wildman–Crippen MR) is 242 cm³/mol. The van der Waals surface area contributed by atoms with E-state index in [0.717, 1.165) is 74.3 Å². The molecule has 1 saturated heterocycles. The summed E-state index contributed by atoms with van der Waals surface area (Å²) in [5.41, 5.74) is 20.3. The Bertz CT molecular complexity index is 2030. The molecule has 0 spiro atoms. The van der Waals surface area contributed by atoms with Crippen molar-refractivity contribution in [2.75, 3.05) is 20.1 Å². The van der Waals surface area contributed by atoms with Gasteiger partial charge in [0, 0.05) is 6.54 Å². The zero-order valence-corrected chi connectivity index (χ0v) is 36.9. The van der Waals surface area contributed by atoms with Crippen LogP contribution in [0.2, 0.25) is 0 Å². The SMILES string of the molecule is CN[C@@H](CC1CCCCC1)C(=O)N(C(=O)[C@H](N)CC1CCCCC1)C(=O)n1c([CH]C(=O)[C@@H]2CCCN2C(=O)[C@H](CCCCN)NC(=O)[C@@H](N)Cc2ccccc2)nc2ccccc21. The van der Waals surface area contributed by atoms with Crippen LogP contribution < -0.4 is 27.8 Å². The number of nitrogens with zero attached hydrogens (tertiary/aromatic N) is 4. The molecule has 0 bridgehead atoms. The van der Waals surface area contributed by atoms with Gasteiger partial charge in [-0.25, -0.2) is 14.3 Å². The lowest BCUT2D eigenvalue weighted by Crippen LogP contribution is -2.57. The second kappa shape index (κ2) is 23.2. The van der Waals surface area contributed by atoms with E-state index in [-0.39, 0.29) is 30.6 Å². The van der Waals surface area contributed by atoms with Gasteiger partial charge >= 0.3 is 6.03 Å². The maximum absolute atomic E-state index is 15.1. The molecule has 8 N–H and O–H groups in total. The third kappa shape index (κ3) is 12.3. The number of nitrogens with two attached hydrogens (primary N) is 3. The molecule has 2 aromatic carbocycles. The molecule has 2 aliphatic carbocycles. The zero-order valence-electron chi connectivity index (χ0n) is 36.9. The van der Waals surface area contributed by atoms with Crippen molar-refractivity contribution in [3.05, 3.63) is 72.4 Å². The lowest BCUT2D eigenvalue weighted by Gasteiger charge is -2.31. The molecule has 2 saturated carbocycles. The summed E-state index contributed by atoms with van der Waals surface area (Å²) in [7, 11) is 1.66. The summed E-state index contributed by atoms with van der Waals surface area (Å²) in [6, 6.07) is 10.5. The van der Waals surface area contributed by atoms with Crippen LogP contribution in [0.1, 0.15) is 121 Å². The van der Waals surface area contributed by atoms with E-state index in [2.05, 4.69) is 15.6 Å². The molecule has 3 fully saturated rings. The summed E-state index contributed by atoms with van der Waals surface area (Å²) in [5.74, 6) is -2.45. The summed E-state index contributed by atoms with van der Waals surface area (Å²) in [6.45, 7) is 0.693. The highest BCUT2D eigenvalue weighted by atomic mass is 16.2. The molecular formula is C48H68N9O6. The monoisotopic (exact) mass is 867 g/mol. The van der Waals surface area contributed by atoms with E-state index >= 15 is 4.79 Å². The van der Waals surface area contributed by atoms with Crippen molar-refractivity contribution in [3.8, 4) is 0 Å². The minimum absolute atomic E-state index is 0.0788. The number of imide groups is 3. The number of rotatable bonds is 19. The van der Waals surface area contributed by atoms with E-state index in [1.165, 1.54) is 11.3 Å². The van der Waals surface area contributed by atoms with Crippen molar-refractivity contribution in [1.29, 1.82) is 0 Å². The van der Waals surface area contributed by atoms with Gasteiger partial charge in [0.05, 0.1) is 41.6 Å². The number of likely N-dealkylation sites (tertiary alicyclic amines) is 1. The summed E-state index contributed by atoms with van der Waals surface area (Å²) in [6.07, 6.45) is 15.0. The van der Waals surface area contributed by atoms with Gasteiger partial charge in [0.1, 0.15) is 11.9 Å². The van der Waals surface area contributed by atoms with Gasteiger partial charge in [-0.15, -0.1) is 0 Å². The minimum atomic E-state index is -1.10. The second-order valence-electron chi connectivity index (χ2n) is 17.9. The number of benzene rings is 2. The highest BCUT2D eigenvalue weighted by Crippen LogP contribution is 2.31. The van der Waals surface area contributed by atoms with Crippen molar-refractivity contribution in [2.45, 2.75) is 146 Å². The summed E-state index contributed by atoms with van der Waals surface area (Å²) in [4.78, 5) is 93.2. The number of amides is 5. The number of likely N-dealkylation sites (N-methyl/N-ethyl adjacent to an activating group) is 1. The van der Waals surface area contributed by atoms with Gasteiger partial charge in [0.2, 0.25) is 11.8 Å². The average molecular weight is 867 g/mol. The van der Waals surface area contributed by atoms with Gasteiger partial charge in [-0.05, 0) is 94.5 Å². The van der Waals surface area contributed by atoms with Crippen LogP contribution in [0.4, 0.5) is 4.79 Å². The van der Waals surface area contributed by atoms with Gasteiger partial charge in [-0.2, -0.15) is 4.90 Å². The number of fused-ring (bicyclic) bond motifs is 1. The van der Waals surface area contributed by atoms with Crippen molar-refractivity contribution in [1.82, 2.24) is 30.0 Å². The standard InChI is InChI=1S/C48H68N9O6/c1-52-39(30-34-20-9-4-10-21-34)47(62)57(45(60)36(51)29-33-18-7-3-8-19-33)48(63)56-40-24-12-11-22-37(40)53-43(56)31-42(58)41-25-15-27-55(41)46(61)38(23-13-14-26-49)54-44(59)35(50)28-32-16-5-2-6-17-32/h2,5-6,11-12,16-17,22,24,31,33-36,38-39,41,52H,3-4,7-10,13-15,18-21,23,25-30,49-51H2,1H3,(H,54,59)/t35-,36+,38-,39-,41-/m0/s1. The third-order valence-electron chi connectivity index (χ3n) is 13.3. The maximum atomic E-state index is 15.1. The van der Waals surface area contributed by atoms with Crippen LogP contribution in [0.15, 0.2) is 54.6 Å².